The van der Waals surface area contributed by atoms with Gasteiger partial charge in [-0.15, -0.1) is 0 Å². The van der Waals surface area contributed by atoms with Crippen LogP contribution in [0.15, 0.2) is 40.8 Å². The first kappa shape index (κ1) is 20.9. The summed E-state index contributed by atoms with van der Waals surface area (Å²) in [4.78, 5) is 23.8. The third-order valence-corrected chi connectivity index (χ3v) is 3.69. The van der Waals surface area contributed by atoms with Gasteiger partial charge in [0.15, 0.2) is 11.5 Å². The summed E-state index contributed by atoms with van der Waals surface area (Å²) in [6, 6.07) is 8.36. The van der Waals surface area contributed by atoms with Crippen LogP contribution >= 0.6 is 0 Å². The van der Waals surface area contributed by atoms with Crippen LogP contribution < -0.4 is 5.32 Å². The van der Waals surface area contributed by atoms with E-state index in [1.54, 1.807) is 24.3 Å². The fourth-order valence-corrected chi connectivity index (χ4v) is 2.22. The van der Waals surface area contributed by atoms with Gasteiger partial charge in [-0.25, -0.2) is 0 Å². The molecule has 0 aliphatic heterocycles. The molecule has 0 radical (unpaired) electrons. The fourth-order valence-electron chi connectivity index (χ4n) is 2.22. The highest BCUT2D eigenvalue weighted by Gasteiger charge is 2.25. The van der Waals surface area contributed by atoms with Crippen LogP contribution in [0.3, 0.4) is 0 Å². The van der Waals surface area contributed by atoms with Crippen LogP contribution in [-0.4, -0.2) is 45.8 Å². The molecule has 7 nitrogen and oxygen atoms in total. The molecule has 0 unspecified atom stereocenters. The highest BCUT2D eigenvalue weighted by molar-refractivity contribution is 5.98. The van der Waals surface area contributed by atoms with E-state index in [1.807, 2.05) is 0 Å². The molecule has 0 bridgehead atoms. The standard InChI is InChI=1S/C21H19NO6/c1-14(25)20(19(26)13-24)22-21(27)16-8-6-15(7-9-16)4-2-3-5-17-10-11-18(12-23)28-17/h6-11,14,20,23-25H,12-13H2,1H3,(H,22,27)/t14-,20-/m0/s1. The van der Waals surface area contributed by atoms with Gasteiger partial charge in [0.1, 0.15) is 25.0 Å². The lowest BCUT2D eigenvalue weighted by Crippen LogP contribution is -2.48. The molecular weight excluding hydrogens is 362 g/mol. The number of carbonyl (C=O) groups is 2. The summed E-state index contributed by atoms with van der Waals surface area (Å²) < 4.78 is 5.21. The van der Waals surface area contributed by atoms with Crippen molar-refractivity contribution in [2.24, 2.45) is 0 Å². The van der Waals surface area contributed by atoms with Crippen LogP contribution in [0, 0.1) is 23.7 Å². The van der Waals surface area contributed by atoms with E-state index in [2.05, 4.69) is 29.0 Å². The Morgan fingerprint density at radius 3 is 2.32 bits per heavy atom. The number of carbonyl (C=O) groups excluding carboxylic acids is 2. The van der Waals surface area contributed by atoms with Crippen LogP contribution in [0.5, 0.6) is 0 Å². The number of aliphatic hydroxyl groups excluding tert-OH is 3. The van der Waals surface area contributed by atoms with Crippen molar-refractivity contribution in [1.82, 2.24) is 5.32 Å². The van der Waals surface area contributed by atoms with E-state index in [9.17, 15) is 14.7 Å². The topological polar surface area (TPSA) is 120 Å². The van der Waals surface area contributed by atoms with Gasteiger partial charge in [0.25, 0.3) is 5.91 Å². The SMILES string of the molecule is C[C@H](O)[C@H](NC(=O)c1ccc(C#CC#Cc2ccc(CO)o2)cc1)C(=O)CO. The summed E-state index contributed by atoms with van der Waals surface area (Å²) in [5.74, 6) is 10.4. The van der Waals surface area contributed by atoms with Crippen molar-refractivity contribution in [3.05, 3.63) is 59.0 Å². The van der Waals surface area contributed by atoms with Gasteiger partial charge in [-0.05, 0) is 61.1 Å². The highest BCUT2D eigenvalue weighted by atomic mass is 16.4. The maximum Gasteiger partial charge on any atom is 0.251 e. The Hall–Kier alpha value is -3.36. The van der Waals surface area contributed by atoms with Crippen molar-refractivity contribution in [3.63, 3.8) is 0 Å². The second-order valence-electron chi connectivity index (χ2n) is 5.82. The molecule has 2 atom stereocenters. The van der Waals surface area contributed by atoms with Crippen molar-refractivity contribution in [2.45, 2.75) is 25.7 Å². The number of benzene rings is 1. The zero-order valence-electron chi connectivity index (χ0n) is 15.1. The minimum absolute atomic E-state index is 0.195. The average Bonchev–Trinajstić information content (AvgIpc) is 3.17. The van der Waals surface area contributed by atoms with E-state index >= 15 is 0 Å². The van der Waals surface area contributed by atoms with E-state index in [0.29, 0.717) is 17.1 Å². The number of Topliss-reactive ketones (excluding diaryl/α,β-unsaturated/α-hetero) is 1. The smallest absolute Gasteiger partial charge is 0.251 e. The molecule has 1 heterocycles. The maximum atomic E-state index is 12.2. The monoisotopic (exact) mass is 381 g/mol. The van der Waals surface area contributed by atoms with E-state index in [1.165, 1.54) is 19.1 Å². The molecule has 0 saturated heterocycles. The number of rotatable bonds is 6. The Balaban J connectivity index is 2.01. The van der Waals surface area contributed by atoms with Crippen molar-refractivity contribution < 1.29 is 29.3 Å². The Morgan fingerprint density at radius 1 is 1.07 bits per heavy atom. The lowest BCUT2D eigenvalue weighted by Gasteiger charge is -2.19. The van der Waals surface area contributed by atoms with Gasteiger partial charge in [-0.1, -0.05) is 5.92 Å². The number of ketones is 1. The van der Waals surface area contributed by atoms with Crippen LogP contribution in [0.25, 0.3) is 0 Å². The Labute approximate surface area is 162 Å². The summed E-state index contributed by atoms with van der Waals surface area (Å²) in [6.45, 7) is 0.385. The number of hydrogen-bond acceptors (Lipinski definition) is 6. The first-order chi connectivity index (χ1) is 13.4. The van der Waals surface area contributed by atoms with Crippen LogP contribution in [0.4, 0.5) is 0 Å². The van der Waals surface area contributed by atoms with Gasteiger partial charge in [-0.3, -0.25) is 9.59 Å². The highest BCUT2D eigenvalue weighted by Crippen LogP contribution is 2.06. The van der Waals surface area contributed by atoms with Gasteiger partial charge in [0, 0.05) is 11.1 Å². The van der Waals surface area contributed by atoms with Gasteiger partial charge in [0.05, 0.1) is 6.10 Å². The van der Waals surface area contributed by atoms with Gasteiger partial charge in [0.2, 0.25) is 0 Å². The number of aliphatic hydroxyl groups is 3. The van der Waals surface area contributed by atoms with E-state index < -0.39 is 30.4 Å². The second-order valence-corrected chi connectivity index (χ2v) is 5.82. The van der Waals surface area contributed by atoms with Crippen LogP contribution in [-0.2, 0) is 11.4 Å². The van der Waals surface area contributed by atoms with Crippen molar-refractivity contribution in [1.29, 1.82) is 0 Å². The summed E-state index contributed by atoms with van der Waals surface area (Å²) in [7, 11) is 0. The predicted octanol–water partition coefficient (Wildman–Crippen LogP) is 0.216. The zero-order valence-corrected chi connectivity index (χ0v) is 15.1. The third kappa shape index (κ3) is 5.83. The first-order valence-corrected chi connectivity index (χ1v) is 8.38. The molecular formula is C21H19NO6. The zero-order chi connectivity index (χ0) is 20.5. The molecule has 0 aliphatic carbocycles. The normalized spacial score (nSPS) is 12.0. The van der Waals surface area contributed by atoms with Gasteiger partial charge >= 0.3 is 0 Å². The van der Waals surface area contributed by atoms with Crippen molar-refractivity contribution in [2.75, 3.05) is 6.61 Å². The molecule has 7 heteroatoms. The molecule has 0 fully saturated rings. The van der Waals surface area contributed by atoms with E-state index in [-0.39, 0.29) is 12.2 Å². The lowest BCUT2D eigenvalue weighted by molar-refractivity contribution is -0.125. The molecule has 4 N–H and O–H groups in total. The van der Waals surface area contributed by atoms with Crippen LogP contribution in [0.2, 0.25) is 0 Å². The van der Waals surface area contributed by atoms with E-state index in [0.717, 1.165) is 0 Å². The second kappa shape index (κ2) is 10.1. The van der Waals surface area contributed by atoms with E-state index in [4.69, 9.17) is 14.6 Å². The molecule has 28 heavy (non-hydrogen) atoms. The molecule has 2 rings (SSSR count). The first-order valence-electron chi connectivity index (χ1n) is 8.38. The number of furan rings is 1. The molecule has 1 aromatic carbocycles. The Kier molecular flexibility index (Phi) is 7.55. The fraction of sp³-hybridized carbons (Fsp3) is 0.238. The van der Waals surface area contributed by atoms with Gasteiger partial charge < -0.3 is 25.1 Å². The summed E-state index contributed by atoms with van der Waals surface area (Å²) in [5.41, 5.74) is 0.903. The number of amides is 1. The number of nitrogens with one attached hydrogen (secondary N) is 1. The summed E-state index contributed by atoms with van der Waals surface area (Å²) in [5, 5.41) is 29.8. The average molecular weight is 381 g/mol. The summed E-state index contributed by atoms with van der Waals surface area (Å²) in [6.07, 6.45) is -1.13. The third-order valence-electron chi connectivity index (χ3n) is 3.69. The Morgan fingerprint density at radius 2 is 1.75 bits per heavy atom. The minimum Gasteiger partial charge on any atom is -0.450 e. The Bertz CT molecular complexity index is 951. The van der Waals surface area contributed by atoms with Crippen molar-refractivity contribution in [3.8, 4) is 23.7 Å². The number of hydrogen-bond donors (Lipinski definition) is 4. The molecule has 1 amide bonds. The molecule has 1 aromatic heterocycles. The molecule has 2 aromatic rings. The minimum atomic E-state index is -1.18. The largest absolute Gasteiger partial charge is 0.450 e. The maximum absolute atomic E-state index is 12.2. The summed E-state index contributed by atoms with van der Waals surface area (Å²) >= 11 is 0. The molecule has 0 spiro atoms. The quantitative estimate of drug-likeness (QED) is 0.531. The molecule has 144 valence electrons. The van der Waals surface area contributed by atoms with Crippen LogP contribution in [0.1, 0.15) is 34.4 Å². The lowest BCUT2D eigenvalue weighted by atomic mass is 10.1. The molecule has 0 saturated carbocycles. The van der Waals surface area contributed by atoms with Crippen molar-refractivity contribution >= 4 is 11.7 Å². The predicted molar refractivity (Wildman–Crippen MR) is 99.9 cm³/mol. The molecule has 0 aliphatic rings. The van der Waals surface area contributed by atoms with Gasteiger partial charge in [-0.2, -0.15) is 0 Å².